The van der Waals surface area contributed by atoms with Gasteiger partial charge in [0.2, 0.25) is 5.91 Å². The van der Waals surface area contributed by atoms with Crippen LogP contribution in [0.2, 0.25) is 0 Å². The molecule has 1 amide bonds. The van der Waals surface area contributed by atoms with Crippen LogP contribution in [0.25, 0.3) is 0 Å². The van der Waals surface area contributed by atoms with Crippen molar-refractivity contribution in [3.8, 4) is 0 Å². The Labute approximate surface area is 112 Å². The van der Waals surface area contributed by atoms with Gasteiger partial charge in [-0.25, -0.2) is 0 Å². The molecule has 4 nitrogen and oxygen atoms in total. The van der Waals surface area contributed by atoms with Crippen LogP contribution in [-0.4, -0.2) is 54.6 Å². The molecule has 0 aromatic heterocycles. The van der Waals surface area contributed by atoms with E-state index in [4.69, 9.17) is 0 Å². The molecule has 106 valence electrons. The van der Waals surface area contributed by atoms with Crippen molar-refractivity contribution in [3.63, 3.8) is 0 Å². The molecule has 0 aliphatic carbocycles. The Bertz CT molecular complexity index is 289. The van der Waals surface area contributed by atoms with Gasteiger partial charge in [-0.1, -0.05) is 27.7 Å². The summed E-state index contributed by atoms with van der Waals surface area (Å²) >= 11 is 0. The quantitative estimate of drug-likeness (QED) is 0.806. The molecule has 3 atom stereocenters. The van der Waals surface area contributed by atoms with E-state index in [1.807, 2.05) is 0 Å². The topological polar surface area (TPSA) is 35.6 Å². The number of carbonyl (C=O) groups is 1. The second kappa shape index (κ2) is 6.02. The number of nitrogens with zero attached hydrogens (tertiary/aromatic N) is 2. The van der Waals surface area contributed by atoms with Gasteiger partial charge >= 0.3 is 0 Å². The predicted molar refractivity (Wildman–Crippen MR) is 75.2 cm³/mol. The zero-order valence-electron chi connectivity index (χ0n) is 12.9. The second-order valence-corrected chi connectivity index (χ2v) is 6.38. The van der Waals surface area contributed by atoms with Gasteiger partial charge in [0.15, 0.2) is 0 Å². The third-order valence-corrected chi connectivity index (χ3v) is 3.70. The first-order valence-corrected chi connectivity index (χ1v) is 6.98. The fourth-order valence-corrected chi connectivity index (χ4v) is 2.69. The minimum atomic E-state index is -0.0246. The van der Waals surface area contributed by atoms with E-state index < -0.39 is 0 Å². The first-order chi connectivity index (χ1) is 8.25. The highest BCUT2D eigenvalue weighted by atomic mass is 16.2. The Morgan fingerprint density at radius 1 is 1.28 bits per heavy atom. The molecule has 0 bridgehead atoms. The van der Waals surface area contributed by atoms with Crippen molar-refractivity contribution in [1.82, 2.24) is 15.1 Å². The Morgan fingerprint density at radius 2 is 1.83 bits per heavy atom. The number of carbonyl (C=O) groups excluding carboxylic acids is 1. The number of hydrogen-bond donors (Lipinski definition) is 1. The molecule has 4 heteroatoms. The molecule has 0 spiro atoms. The van der Waals surface area contributed by atoms with E-state index >= 15 is 0 Å². The monoisotopic (exact) mass is 255 g/mol. The lowest BCUT2D eigenvalue weighted by Crippen LogP contribution is -2.50. The van der Waals surface area contributed by atoms with Crippen molar-refractivity contribution < 1.29 is 4.79 Å². The molecule has 0 aromatic carbocycles. The van der Waals surface area contributed by atoms with Crippen LogP contribution in [0.4, 0.5) is 0 Å². The van der Waals surface area contributed by atoms with Gasteiger partial charge in [-0.05, 0) is 32.9 Å². The molecule has 1 rings (SSSR count). The van der Waals surface area contributed by atoms with Crippen molar-refractivity contribution in [2.45, 2.75) is 52.9 Å². The zero-order valence-corrected chi connectivity index (χ0v) is 12.9. The second-order valence-electron chi connectivity index (χ2n) is 6.38. The Hall–Kier alpha value is -0.610. The summed E-state index contributed by atoms with van der Waals surface area (Å²) in [5.74, 6) is 1.07. The number of nitrogens with one attached hydrogen (secondary N) is 1. The van der Waals surface area contributed by atoms with Crippen molar-refractivity contribution in [3.05, 3.63) is 0 Å². The first-order valence-electron chi connectivity index (χ1n) is 6.98. The summed E-state index contributed by atoms with van der Waals surface area (Å²) in [5, 5.41) is 3.42. The van der Waals surface area contributed by atoms with Crippen LogP contribution in [0.3, 0.4) is 0 Å². The molecule has 1 saturated heterocycles. The van der Waals surface area contributed by atoms with E-state index in [0.29, 0.717) is 11.8 Å². The van der Waals surface area contributed by atoms with Crippen LogP contribution in [0, 0.1) is 11.8 Å². The van der Waals surface area contributed by atoms with E-state index in [2.05, 4.69) is 63.8 Å². The Balaban J connectivity index is 2.88. The maximum absolute atomic E-state index is 12.5. The molecular weight excluding hydrogens is 226 g/mol. The molecule has 0 radical (unpaired) electrons. The highest BCUT2D eigenvalue weighted by Crippen LogP contribution is 2.23. The van der Waals surface area contributed by atoms with Gasteiger partial charge in [0.1, 0.15) is 0 Å². The molecule has 0 aromatic rings. The fraction of sp³-hybridized carbons (Fsp3) is 0.929. The molecule has 18 heavy (non-hydrogen) atoms. The molecule has 0 saturated carbocycles. The standard InChI is InChI=1S/C14H29N3O/c1-9(2)12(8-16(6)7)17-11(5)15-13(10(3)4)14(17)18/h9-13,15H,8H2,1-7H3. The molecule has 3 unspecified atom stereocenters. The van der Waals surface area contributed by atoms with Gasteiger partial charge in [0.05, 0.1) is 12.2 Å². The molecular formula is C14H29N3O. The van der Waals surface area contributed by atoms with Crippen LogP contribution < -0.4 is 5.32 Å². The van der Waals surface area contributed by atoms with Gasteiger partial charge in [-0.3, -0.25) is 10.1 Å². The maximum Gasteiger partial charge on any atom is 0.241 e. The third-order valence-electron chi connectivity index (χ3n) is 3.70. The van der Waals surface area contributed by atoms with Crippen LogP contribution in [0.1, 0.15) is 34.6 Å². The van der Waals surface area contributed by atoms with Gasteiger partial charge < -0.3 is 9.80 Å². The van der Waals surface area contributed by atoms with Crippen LogP contribution in [0.15, 0.2) is 0 Å². The summed E-state index contributed by atoms with van der Waals surface area (Å²) < 4.78 is 0. The minimum absolute atomic E-state index is 0.0246. The summed E-state index contributed by atoms with van der Waals surface area (Å²) in [7, 11) is 4.13. The number of rotatable bonds is 5. The summed E-state index contributed by atoms with van der Waals surface area (Å²) in [6.07, 6.45) is 0.136. The fourth-order valence-electron chi connectivity index (χ4n) is 2.69. The number of amides is 1. The average molecular weight is 255 g/mol. The molecule has 1 heterocycles. The lowest BCUT2D eigenvalue weighted by Gasteiger charge is -2.35. The van der Waals surface area contributed by atoms with Gasteiger partial charge in [0.25, 0.3) is 0 Å². The predicted octanol–water partition coefficient (Wildman–Crippen LogP) is 1.37. The van der Waals surface area contributed by atoms with Crippen molar-refractivity contribution in [2.24, 2.45) is 11.8 Å². The van der Waals surface area contributed by atoms with Crippen LogP contribution in [-0.2, 0) is 4.79 Å². The number of hydrogen-bond acceptors (Lipinski definition) is 3. The van der Waals surface area contributed by atoms with E-state index in [9.17, 15) is 4.79 Å². The van der Waals surface area contributed by atoms with Crippen LogP contribution in [0.5, 0.6) is 0 Å². The summed E-state index contributed by atoms with van der Waals surface area (Å²) in [6, 6.07) is 0.252. The minimum Gasteiger partial charge on any atom is -0.322 e. The van der Waals surface area contributed by atoms with E-state index in [1.165, 1.54) is 0 Å². The lowest BCUT2D eigenvalue weighted by molar-refractivity contribution is -0.134. The molecule has 1 fully saturated rings. The number of likely N-dealkylation sites (N-methyl/N-ethyl adjacent to an activating group) is 1. The summed E-state index contributed by atoms with van der Waals surface area (Å²) in [5.41, 5.74) is 0. The zero-order chi connectivity index (χ0) is 14.0. The highest BCUT2D eigenvalue weighted by Gasteiger charge is 2.42. The van der Waals surface area contributed by atoms with E-state index in [-0.39, 0.29) is 24.2 Å². The van der Waals surface area contributed by atoms with E-state index in [0.717, 1.165) is 6.54 Å². The Kier molecular flexibility index (Phi) is 5.17. The maximum atomic E-state index is 12.5. The normalized spacial score (nSPS) is 26.8. The molecule has 1 aliphatic heterocycles. The highest BCUT2D eigenvalue weighted by molar-refractivity contribution is 5.84. The lowest BCUT2D eigenvalue weighted by atomic mass is 10.00. The smallest absolute Gasteiger partial charge is 0.241 e. The van der Waals surface area contributed by atoms with Crippen LogP contribution >= 0.6 is 0 Å². The van der Waals surface area contributed by atoms with Crippen molar-refractivity contribution in [2.75, 3.05) is 20.6 Å². The SMILES string of the molecule is CC(C)C1NC(C)N(C(CN(C)C)C(C)C)C1=O. The largest absolute Gasteiger partial charge is 0.322 e. The summed E-state index contributed by atoms with van der Waals surface area (Å²) in [6.45, 7) is 11.6. The Morgan fingerprint density at radius 3 is 2.17 bits per heavy atom. The van der Waals surface area contributed by atoms with Gasteiger partial charge in [-0.2, -0.15) is 0 Å². The van der Waals surface area contributed by atoms with Crippen molar-refractivity contribution in [1.29, 1.82) is 0 Å². The van der Waals surface area contributed by atoms with Gasteiger partial charge in [-0.15, -0.1) is 0 Å². The molecule has 1 aliphatic rings. The van der Waals surface area contributed by atoms with Gasteiger partial charge in [0, 0.05) is 12.6 Å². The summed E-state index contributed by atoms with van der Waals surface area (Å²) in [4.78, 5) is 16.7. The van der Waals surface area contributed by atoms with E-state index in [1.54, 1.807) is 0 Å². The average Bonchev–Trinajstić information content (AvgIpc) is 2.51. The van der Waals surface area contributed by atoms with Crippen molar-refractivity contribution >= 4 is 5.91 Å². The molecule has 1 N–H and O–H groups in total. The first kappa shape index (κ1) is 15.4. The third kappa shape index (κ3) is 3.23.